The van der Waals surface area contributed by atoms with Gasteiger partial charge in [0.25, 0.3) is 0 Å². The lowest BCUT2D eigenvalue weighted by molar-refractivity contribution is 0.161. The standard InChI is InChI=1S/C13H21BrN2O/c1-17-10-13(3-2-8-15)16-9-11-4-6-12(14)7-5-11/h4-7,13,16H,2-3,8-10,15H2,1H3. The third-order valence-corrected chi connectivity index (χ3v) is 3.16. The van der Waals surface area contributed by atoms with Gasteiger partial charge < -0.3 is 15.8 Å². The average Bonchev–Trinajstić information content (AvgIpc) is 2.35. The molecular formula is C13H21BrN2O. The van der Waals surface area contributed by atoms with E-state index in [1.807, 2.05) is 0 Å². The maximum atomic E-state index is 5.52. The number of benzene rings is 1. The van der Waals surface area contributed by atoms with Crippen molar-refractivity contribution in [2.45, 2.75) is 25.4 Å². The van der Waals surface area contributed by atoms with Crippen molar-refractivity contribution in [3.63, 3.8) is 0 Å². The summed E-state index contributed by atoms with van der Waals surface area (Å²) in [7, 11) is 1.73. The quantitative estimate of drug-likeness (QED) is 0.774. The van der Waals surface area contributed by atoms with Crippen LogP contribution in [0.1, 0.15) is 18.4 Å². The molecule has 3 N–H and O–H groups in total. The third kappa shape index (κ3) is 6.17. The van der Waals surface area contributed by atoms with Crippen LogP contribution in [0.15, 0.2) is 28.7 Å². The smallest absolute Gasteiger partial charge is 0.0615 e. The Bertz CT molecular complexity index is 303. The van der Waals surface area contributed by atoms with Crippen molar-refractivity contribution < 1.29 is 4.74 Å². The van der Waals surface area contributed by atoms with Crippen LogP contribution in [0.25, 0.3) is 0 Å². The Balaban J connectivity index is 2.37. The second-order valence-corrected chi connectivity index (χ2v) is 5.01. The minimum atomic E-state index is 0.382. The summed E-state index contributed by atoms with van der Waals surface area (Å²) >= 11 is 3.43. The average molecular weight is 301 g/mol. The summed E-state index contributed by atoms with van der Waals surface area (Å²) in [6.45, 7) is 2.34. The third-order valence-electron chi connectivity index (χ3n) is 2.63. The Labute approximate surface area is 112 Å². The SMILES string of the molecule is COCC(CCCN)NCc1ccc(Br)cc1. The van der Waals surface area contributed by atoms with Crippen LogP contribution in [0.2, 0.25) is 0 Å². The number of nitrogens with two attached hydrogens (primary N) is 1. The maximum absolute atomic E-state index is 5.52. The number of hydrogen-bond acceptors (Lipinski definition) is 3. The molecule has 0 aliphatic heterocycles. The molecule has 3 nitrogen and oxygen atoms in total. The fourth-order valence-electron chi connectivity index (χ4n) is 1.67. The lowest BCUT2D eigenvalue weighted by Gasteiger charge is -2.17. The molecule has 0 aliphatic carbocycles. The first-order valence-electron chi connectivity index (χ1n) is 5.93. The van der Waals surface area contributed by atoms with E-state index in [9.17, 15) is 0 Å². The summed E-state index contributed by atoms with van der Waals surface area (Å²) in [5, 5.41) is 3.50. The van der Waals surface area contributed by atoms with E-state index < -0.39 is 0 Å². The van der Waals surface area contributed by atoms with Crippen LogP contribution in [-0.2, 0) is 11.3 Å². The molecule has 0 radical (unpaired) electrons. The summed E-state index contributed by atoms with van der Waals surface area (Å²) in [4.78, 5) is 0. The van der Waals surface area contributed by atoms with Crippen molar-refractivity contribution in [3.05, 3.63) is 34.3 Å². The highest BCUT2D eigenvalue weighted by atomic mass is 79.9. The number of ether oxygens (including phenoxy) is 1. The Hall–Kier alpha value is -0.420. The van der Waals surface area contributed by atoms with Crippen LogP contribution in [0.5, 0.6) is 0 Å². The van der Waals surface area contributed by atoms with Crippen LogP contribution in [0.4, 0.5) is 0 Å². The Morgan fingerprint density at radius 1 is 1.35 bits per heavy atom. The first-order chi connectivity index (χ1) is 8.26. The predicted octanol–water partition coefficient (Wildman–Crippen LogP) is 2.29. The molecule has 0 aliphatic rings. The molecule has 0 spiro atoms. The van der Waals surface area contributed by atoms with Gasteiger partial charge in [0.2, 0.25) is 0 Å². The van der Waals surface area contributed by atoms with Crippen molar-refractivity contribution in [1.82, 2.24) is 5.32 Å². The van der Waals surface area contributed by atoms with Crippen molar-refractivity contribution in [2.75, 3.05) is 20.3 Å². The molecule has 0 fully saturated rings. The zero-order chi connectivity index (χ0) is 12.5. The fourth-order valence-corrected chi connectivity index (χ4v) is 1.94. The molecule has 1 aromatic carbocycles. The summed E-state index contributed by atoms with van der Waals surface area (Å²) in [5.74, 6) is 0. The Kier molecular flexibility index (Phi) is 7.44. The monoisotopic (exact) mass is 300 g/mol. The van der Waals surface area contributed by atoms with Gasteiger partial charge in [-0.3, -0.25) is 0 Å². The highest BCUT2D eigenvalue weighted by Crippen LogP contribution is 2.10. The van der Waals surface area contributed by atoms with Gasteiger partial charge in [-0.25, -0.2) is 0 Å². The zero-order valence-corrected chi connectivity index (χ0v) is 11.9. The summed E-state index contributed by atoms with van der Waals surface area (Å²) in [5.41, 5.74) is 6.80. The van der Waals surface area contributed by atoms with E-state index in [0.717, 1.165) is 37.0 Å². The normalized spacial score (nSPS) is 12.6. The fraction of sp³-hybridized carbons (Fsp3) is 0.538. The summed E-state index contributed by atoms with van der Waals surface area (Å²) < 4.78 is 6.31. The number of methoxy groups -OCH3 is 1. The molecule has 17 heavy (non-hydrogen) atoms. The van der Waals surface area contributed by atoms with E-state index in [1.54, 1.807) is 7.11 Å². The molecule has 0 saturated heterocycles. The van der Waals surface area contributed by atoms with Gasteiger partial charge in [-0.05, 0) is 37.1 Å². The lowest BCUT2D eigenvalue weighted by atomic mass is 10.1. The minimum Gasteiger partial charge on any atom is -0.383 e. The van der Waals surface area contributed by atoms with Gasteiger partial charge in [0.1, 0.15) is 0 Å². The number of rotatable bonds is 8. The molecular weight excluding hydrogens is 280 g/mol. The van der Waals surface area contributed by atoms with Gasteiger partial charge in [0, 0.05) is 24.2 Å². The molecule has 0 heterocycles. The van der Waals surface area contributed by atoms with E-state index in [0.29, 0.717) is 6.04 Å². The van der Waals surface area contributed by atoms with E-state index in [4.69, 9.17) is 10.5 Å². The van der Waals surface area contributed by atoms with E-state index >= 15 is 0 Å². The first kappa shape index (κ1) is 14.6. The summed E-state index contributed by atoms with van der Waals surface area (Å²) in [6.07, 6.45) is 2.09. The van der Waals surface area contributed by atoms with Crippen LogP contribution >= 0.6 is 15.9 Å². The molecule has 0 amide bonds. The predicted molar refractivity (Wildman–Crippen MR) is 74.9 cm³/mol. The first-order valence-corrected chi connectivity index (χ1v) is 6.72. The maximum Gasteiger partial charge on any atom is 0.0615 e. The van der Waals surface area contributed by atoms with E-state index in [-0.39, 0.29) is 0 Å². The van der Waals surface area contributed by atoms with Crippen LogP contribution in [-0.4, -0.2) is 26.3 Å². The van der Waals surface area contributed by atoms with E-state index in [1.165, 1.54) is 5.56 Å². The second kappa shape index (κ2) is 8.64. The molecule has 0 aromatic heterocycles. The number of nitrogens with one attached hydrogen (secondary N) is 1. The van der Waals surface area contributed by atoms with Crippen LogP contribution in [0, 0.1) is 0 Å². The molecule has 1 unspecified atom stereocenters. The van der Waals surface area contributed by atoms with Crippen LogP contribution < -0.4 is 11.1 Å². The van der Waals surface area contributed by atoms with Gasteiger partial charge >= 0.3 is 0 Å². The van der Waals surface area contributed by atoms with Gasteiger partial charge in [0.15, 0.2) is 0 Å². The topological polar surface area (TPSA) is 47.3 Å². The number of hydrogen-bond donors (Lipinski definition) is 2. The van der Waals surface area contributed by atoms with Crippen LogP contribution in [0.3, 0.4) is 0 Å². The number of halogens is 1. The zero-order valence-electron chi connectivity index (χ0n) is 10.3. The van der Waals surface area contributed by atoms with Gasteiger partial charge in [-0.2, -0.15) is 0 Å². The molecule has 0 saturated carbocycles. The summed E-state index contributed by atoms with van der Waals surface area (Å²) in [6, 6.07) is 8.73. The molecule has 1 rings (SSSR count). The van der Waals surface area contributed by atoms with Crippen molar-refractivity contribution in [2.24, 2.45) is 5.73 Å². The highest BCUT2D eigenvalue weighted by molar-refractivity contribution is 9.10. The Morgan fingerprint density at radius 2 is 2.06 bits per heavy atom. The van der Waals surface area contributed by atoms with Crippen molar-refractivity contribution in [1.29, 1.82) is 0 Å². The largest absolute Gasteiger partial charge is 0.383 e. The molecule has 0 bridgehead atoms. The molecule has 96 valence electrons. The Morgan fingerprint density at radius 3 is 2.65 bits per heavy atom. The van der Waals surface area contributed by atoms with Gasteiger partial charge in [-0.15, -0.1) is 0 Å². The van der Waals surface area contributed by atoms with E-state index in [2.05, 4.69) is 45.5 Å². The molecule has 1 aromatic rings. The lowest BCUT2D eigenvalue weighted by Crippen LogP contribution is -2.33. The van der Waals surface area contributed by atoms with Crippen molar-refractivity contribution in [3.8, 4) is 0 Å². The molecule has 4 heteroatoms. The molecule has 1 atom stereocenters. The van der Waals surface area contributed by atoms with Gasteiger partial charge in [0.05, 0.1) is 6.61 Å². The second-order valence-electron chi connectivity index (χ2n) is 4.09. The minimum absolute atomic E-state index is 0.382. The van der Waals surface area contributed by atoms with Crippen molar-refractivity contribution >= 4 is 15.9 Å². The highest BCUT2D eigenvalue weighted by Gasteiger charge is 2.06. The van der Waals surface area contributed by atoms with Gasteiger partial charge in [-0.1, -0.05) is 28.1 Å².